The number of esters is 1. The number of rotatable bonds is 49. The first-order valence-corrected chi connectivity index (χ1v) is 28.3. The lowest BCUT2D eigenvalue weighted by molar-refractivity contribution is -0.151. The Morgan fingerprint density at radius 3 is 1.36 bits per heavy atom. The topological polar surface area (TPSA) is 95.9 Å². The maximum Gasteiger partial charge on any atom is 0.306 e. The minimum absolute atomic E-state index is 0.0140. The Morgan fingerprint density at radius 1 is 0.449 bits per heavy atom. The fourth-order valence-electron chi connectivity index (χ4n) is 7.92. The Morgan fingerprint density at radius 2 is 0.855 bits per heavy atom. The Hall–Kier alpha value is -3.74. The lowest BCUT2D eigenvalue weighted by Crippen LogP contribution is -2.46. The molecule has 392 valence electrons. The third-order valence-electron chi connectivity index (χ3n) is 12.2. The number of hydrogen-bond donors (Lipinski definition) is 3. The largest absolute Gasteiger partial charge is 0.462 e. The van der Waals surface area contributed by atoms with Crippen LogP contribution in [0.15, 0.2) is 122 Å². The number of aliphatic hydroxyl groups excluding tert-OH is 2. The van der Waals surface area contributed by atoms with Gasteiger partial charge in [0, 0.05) is 6.42 Å². The number of allylic oxidation sites excluding steroid dienone is 20. The number of unbranched alkanes of at least 4 members (excludes halogenated alkanes) is 22. The van der Waals surface area contributed by atoms with Crippen molar-refractivity contribution in [3.05, 3.63) is 122 Å². The zero-order valence-corrected chi connectivity index (χ0v) is 44.6. The van der Waals surface area contributed by atoms with Crippen LogP contribution in [0, 0.1) is 0 Å². The third-order valence-corrected chi connectivity index (χ3v) is 12.2. The van der Waals surface area contributed by atoms with Gasteiger partial charge in [-0.2, -0.15) is 0 Å². The summed E-state index contributed by atoms with van der Waals surface area (Å²) in [6.45, 7) is 6.29. The molecule has 0 saturated heterocycles. The van der Waals surface area contributed by atoms with Crippen LogP contribution in [-0.4, -0.2) is 46.9 Å². The van der Waals surface area contributed by atoms with Crippen LogP contribution in [0.2, 0.25) is 0 Å². The quantitative estimate of drug-likeness (QED) is 0.0244. The molecule has 1 amide bonds. The second kappa shape index (κ2) is 55.2. The monoisotopic (exact) mass is 956 g/mol. The number of carbonyl (C=O) groups is 2. The molecule has 0 aliphatic heterocycles. The molecule has 0 aromatic heterocycles. The van der Waals surface area contributed by atoms with Gasteiger partial charge in [0.15, 0.2) is 0 Å². The van der Waals surface area contributed by atoms with Crippen LogP contribution in [0.3, 0.4) is 0 Å². The summed E-state index contributed by atoms with van der Waals surface area (Å²) in [7, 11) is 0. The van der Waals surface area contributed by atoms with E-state index in [-0.39, 0.29) is 24.9 Å². The van der Waals surface area contributed by atoms with Gasteiger partial charge in [0.2, 0.25) is 5.91 Å². The van der Waals surface area contributed by atoms with Crippen LogP contribution < -0.4 is 5.32 Å². The molecule has 0 bridgehead atoms. The molecule has 69 heavy (non-hydrogen) atoms. The van der Waals surface area contributed by atoms with E-state index in [2.05, 4.69) is 92.9 Å². The van der Waals surface area contributed by atoms with Crippen molar-refractivity contribution in [3.8, 4) is 0 Å². The molecule has 0 radical (unpaired) electrons. The first-order chi connectivity index (χ1) is 34.0. The van der Waals surface area contributed by atoms with Crippen LogP contribution in [0.1, 0.15) is 239 Å². The highest BCUT2D eigenvalue weighted by Crippen LogP contribution is 2.17. The smallest absolute Gasteiger partial charge is 0.306 e. The summed E-state index contributed by atoms with van der Waals surface area (Å²) >= 11 is 0. The lowest BCUT2D eigenvalue weighted by Gasteiger charge is -2.24. The summed E-state index contributed by atoms with van der Waals surface area (Å²) < 4.78 is 5.91. The minimum Gasteiger partial charge on any atom is -0.462 e. The van der Waals surface area contributed by atoms with Crippen LogP contribution >= 0.6 is 0 Å². The fraction of sp³-hybridized carbons (Fsp3) is 0.651. The van der Waals surface area contributed by atoms with E-state index in [1.54, 1.807) is 0 Å². The molecule has 6 heteroatoms. The number of nitrogens with one attached hydrogen (secondary N) is 1. The van der Waals surface area contributed by atoms with E-state index in [9.17, 15) is 19.8 Å². The van der Waals surface area contributed by atoms with E-state index in [0.29, 0.717) is 19.3 Å². The molecule has 0 rings (SSSR count). The van der Waals surface area contributed by atoms with Gasteiger partial charge in [-0.05, 0) is 83.5 Å². The summed E-state index contributed by atoms with van der Waals surface area (Å²) in [6.07, 6.45) is 76.8. The molecule has 0 spiro atoms. The lowest BCUT2D eigenvalue weighted by atomic mass is 10.0. The van der Waals surface area contributed by atoms with Gasteiger partial charge in [0.25, 0.3) is 0 Å². The third kappa shape index (κ3) is 50.5. The molecule has 0 aromatic carbocycles. The minimum atomic E-state index is -0.819. The second-order valence-electron chi connectivity index (χ2n) is 18.8. The van der Waals surface area contributed by atoms with Crippen molar-refractivity contribution in [2.45, 2.75) is 257 Å². The van der Waals surface area contributed by atoms with Crippen molar-refractivity contribution in [3.63, 3.8) is 0 Å². The zero-order valence-electron chi connectivity index (χ0n) is 44.6. The number of aliphatic hydroxyl groups is 2. The first kappa shape index (κ1) is 65.3. The van der Waals surface area contributed by atoms with E-state index >= 15 is 0 Å². The van der Waals surface area contributed by atoms with E-state index < -0.39 is 18.2 Å². The Kier molecular flexibility index (Phi) is 52.2. The first-order valence-electron chi connectivity index (χ1n) is 28.3. The van der Waals surface area contributed by atoms with Crippen molar-refractivity contribution < 1.29 is 24.5 Å². The number of carbonyl (C=O) groups excluding carboxylic acids is 2. The van der Waals surface area contributed by atoms with Crippen LogP contribution in [-0.2, 0) is 14.3 Å². The number of amides is 1. The molecule has 0 aromatic rings. The van der Waals surface area contributed by atoms with Crippen molar-refractivity contribution in [2.75, 3.05) is 6.61 Å². The summed E-state index contributed by atoms with van der Waals surface area (Å²) in [4.78, 5) is 26.3. The van der Waals surface area contributed by atoms with Gasteiger partial charge >= 0.3 is 5.97 Å². The molecular formula is C63H105NO5. The molecule has 0 saturated carbocycles. The van der Waals surface area contributed by atoms with E-state index in [1.807, 2.05) is 54.7 Å². The maximum absolute atomic E-state index is 13.3. The van der Waals surface area contributed by atoms with Crippen molar-refractivity contribution >= 4 is 11.9 Å². The van der Waals surface area contributed by atoms with Gasteiger partial charge in [0.05, 0.1) is 25.2 Å². The van der Waals surface area contributed by atoms with E-state index in [4.69, 9.17) is 4.74 Å². The van der Waals surface area contributed by atoms with Crippen LogP contribution in [0.5, 0.6) is 0 Å². The molecule has 0 aliphatic carbocycles. The molecule has 0 fully saturated rings. The van der Waals surface area contributed by atoms with Gasteiger partial charge in [0.1, 0.15) is 6.10 Å². The molecule has 6 nitrogen and oxygen atoms in total. The fourth-order valence-corrected chi connectivity index (χ4v) is 7.92. The number of ether oxygens (including phenoxy) is 1. The van der Waals surface area contributed by atoms with E-state index in [0.717, 1.165) is 83.5 Å². The van der Waals surface area contributed by atoms with Crippen molar-refractivity contribution in [2.24, 2.45) is 0 Å². The standard InChI is InChI=1S/C63H105NO5/c1-4-7-10-13-16-19-22-25-28-31-33-36-39-42-45-48-51-54-59(69-63(68)56-53-50-47-44-41-38-35-32-29-26-23-20-17-14-11-8-5-2)57-62(67)64-60(58-65)61(66)55-52-49-46-43-40-37-34-30-27-24-21-18-15-12-9-6-3/h8,11,14,16-17,19-20,23,25-26,28-29,32-33,35-36,38,41-42,45,59-61,65-66H,4-7,9-10,12-13,15,18,21-22,24,27,30-31,34,37,39-40,43-44,46-58H2,1-3H3,(H,64,67)/b11-8-,17-14+,19-16-,23-20+,28-25-,29-26-,35-32+,36-33-,41-38+,45-42-. The second-order valence-corrected chi connectivity index (χ2v) is 18.8. The molecule has 3 N–H and O–H groups in total. The summed E-state index contributed by atoms with van der Waals surface area (Å²) in [5.41, 5.74) is 0. The Labute approximate surface area is 425 Å². The summed E-state index contributed by atoms with van der Waals surface area (Å²) in [5.74, 6) is -0.587. The highest BCUT2D eigenvalue weighted by atomic mass is 16.5. The summed E-state index contributed by atoms with van der Waals surface area (Å²) in [6, 6.07) is -0.738. The predicted octanol–water partition coefficient (Wildman–Crippen LogP) is 17.6. The number of hydrogen-bond acceptors (Lipinski definition) is 5. The van der Waals surface area contributed by atoms with Crippen molar-refractivity contribution in [1.29, 1.82) is 0 Å². The predicted molar refractivity (Wildman–Crippen MR) is 300 cm³/mol. The van der Waals surface area contributed by atoms with E-state index in [1.165, 1.54) is 109 Å². The molecule has 3 atom stereocenters. The average Bonchev–Trinajstić information content (AvgIpc) is 3.34. The van der Waals surface area contributed by atoms with Gasteiger partial charge in [-0.1, -0.05) is 264 Å². The normalized spacial score (nSPS) is 14.1. The highest BCUT2D eigenvalue weighted by molar-refractivity contribution is 5.77. The highest BCUT2D eigenvalue weighted by Gasteiger charge is 2.24. The van der Waals surface area contributed by atoms with Crippen molar-refractivity contribution in [1.82, 2.24) is 5.32 Å². The summed E-state index contributed by atoms with van der Waals surface area (Å²) in [5, 5.41) is 23.9. The molecule has 3 unspecified atom stereocenters. The molecule has 0 aliphatic rings. The Balaban J connectivity index is 4.77. The van der Waals surface area contributed by atoms with Crippen LogP contribution in [0.25, 0.3) is 0 Å². The van der Waals surface area contributed by atoms with Gasteiger partial charge in [-0.25, -0.2) is 0 Å². The zero-order chi connectivity index (χ0) is 50.2. The van der Waals surface area contributed by atoms with Gasteiger partial charge < -0.3 is 20.3 Å². The van der Waals surface area contributed by atoms with Crippen LogP contribution in [0.4, 0.5) is 0 Å². The average molecular weight is 957 g/mol. The molecule has 0 heterocycles. The SMILES string of the molecule is CC\C=C/C=C/C=C/C=C\C=C\C=C\CCCCCC(=O)OC(CCC/C=C\C/C=C\C/C=C\C/C=C\CCCCC)CC(=O)NC(CO)C(O)CCCCCCCCCCCCCCCCCC. The van der Waals surface area contributed by atoms with Gasteiger partial charge in [-0.3, -0.25) is 9.59 Å². The van der Waals surface area contributed by atoms with Gasteiger partial charge in [-0.15, -0.1) is 0 Å². The maximum atomic E-state index is 13.3. The molecular weight excluding hydrogens is 851 g/mol. The Bertz CT molecular complexity index is 1440.